The topological polar surface area (TPSA) is 46.2 Å². The fraction of sp³-hybridized carbons (Fsp3) is 0.714. The molecule has 1 saturated carbocycles. The van der Waals surface area contributed by atoms with Crippen LogP contribution >= 0.6 is 11.6 Å². The number of halogens is 1. The zero-order valence-corrected chi connectivity index (χ0v) is 6.86. The molecule has 4 heteroatoms. The summed E-state index contributed by atoms with van der Waals surface area (Å²) < 4.78 is 0. The third-order valence-electron chi connectivity index (χ3n) is 1.49. The van der Waals surface area contributed by atoms with E-state index in [0.717, 1.165) is 12.8 Å². The maximum atomic E-state index is 10.9. The van der Waals surface area contributed by atoms with Gasteiger partial charge in [-0.25, -0.2) is 0 Å². The van der Waals surface area contributed by atoms with Crippen LogP contribution in [0.25, 0.3) is 0 Å². The van der Waals surface area contributed by atoms with Crippen molar-refractivity contribution in [3.63, 3.8) is 0 Å². The Hall–Kier alpha value is -0.570. The van der Waals surface area contributed by atoms with Gasteiger partial charge in [-0.2, -0.15) is 0 Å². The molecule has 1 aliphatic carbocycles. The van der Waals surface area contributed by atoms with E-state index in [1.54, 1.807) is 0 Å². The molecule has 11 heavy (non-hydrogen) atoms. The minimum absolute atomic E-state index is 0.0681. The van der Waals surface area contributed by atoms with Gasteiger partial charge in [0.1, 0.15) is 0 Å². The maximum absolute atomic E-state index is 10.9. The van der Waals surface area contributed by atoms with Crippen molar-refractivity contribution in [1.82, 2.24) is 5.32 Å². The summed E-state index contributed by atoms with van der Waals surface area (Å²) >= 11 is 5.06. The van der Waals surface area contributed by atoms with Crippen molar-refractivity contribution >= 4 is 22.8 Å². The van der Waals surface area contributed by atoms with Gasteiger partial charge in [0.2, 0.25) is 11.1 Å². The van der Waals surface area contributed by atoms with Crippen molar-refractivity contribution in [1.29, 1.82) is 0 Å². The van der Waals surface area contributed by atoms with E-state index in [-0.39, 0.29) is 18.7 Å². The molecule has 1 N–H and O–H groups in total. The van der Waals surface area contributed by atoms with Crippen LogP contribution in [0.15, 0.2) is 0 Å². The monoisotopic (exact) mass is 175 g/mol. The molecule has 1 aliphatic rings. The quantitative estimate of drug-likeness (QED) is 0.643. The van der Waals surface area contributed by atoms with Crippen LogP contribution in [0, 0.1) is 0 Å². The number of rotatable bonds is 4. The van der Waals surface area contributed by atoms with E-state index in [1.165, 1.54) is 0 Å². The number of carbonyl (C=O) groups excluding carboxylic acids is 2. The lowest BCUT2D eigenvalue weighted by molar-refractivity contribution is -0.123. The highest BCUT2D eigenvalue weighted by molar-refractivity contribution is 6.63. The molecule has 0 heterocycles. The average Bonchev–Trinajstić information content (AvgIpc) is 2.67. The Morgan fingerprint density at radius 2 is 2.00 bits per heavy atom. The first-order chi connectivity index (χ1) is 5.18. The first-order valence-electron chi connectivity index (χ1n) is 3.66. The number of carbonyl (C=O) groups is 2. The normalized spacial score (nSPS) is 16.1. The van der Waals surface area contributed by atoms with E-state index in [1.807, 2.05) is 0 Å². The van der Waals surface area contributed by atoms with Gasteiger partial charge in [-0.1, -0.05) is 0 Å². The molecule has 0 aromatic heterocycles. The predicted molar refractivity (Wildman–Crippen MR) is 41.3 cm³/mol. The second-order valence-corrected chi connectivity index (χ2v) is 3.12. The molecule has 0 saturated heterocycles. The molecule has 0 aromatic carbocycles. The van der Waals surface area contributed by atoms with E-state index in [4.69, 9.17) is 11.6 Å². The van der Waals surface area contributed by atoms with Crippen molar-refractivity contribution in [2.24, 2.45) is 0 Å². The first-order valence-corrected chi connectivity index (χ1v) is 4.04. The minimum atomic E-state index is -0.448. The lowest BCUT2D eigenvalue weighted by atomic mass is 10.3. The SMILES string of the molecule is O=C(Cl)CCC(=O)NC1CC1. The number of amides is 1. The molecule has 0 atom stereocenters. The van der Waals surface area contributed by atoms with Crippen LogP contribution in [0.3, 0.4) is 0 Å². The summed E-state index contributed by atoms with van der Waals surface area (Å²) in [4.78, 5) is 21.1. The number of hydrogen-bond donors (Lipinski definition) is 1. The first kappa shape index (κ1) is 8.53. The standard InChI is InChI=1S/C7H10ClNO2/c8-6(10)3-4-7(11)9-5-1-2-5/h5H,1-4H2,(H,9,11). The molecule has 3 nitrogen and oxygen atoms in total. The van der Waals surface area contributed by atoms with E-state index in [0.29, 0.717) is 6.04 Å². The van der Waals surface area contributed by atoms with Crippen LogP contribution in [0.1, 0.15) is 25.7 Å². The van der Waals surface area contributed by atoms with E-state index >= 15 is 0 Å². The van der Waals surface area contributed by atoms with Gasteiger partial charge in [-0.3, -0.25) is 9.59 Å². The smallest absolute Gasteiger partial charge is 0.222 e. The van der Waals surface area contributed by atoms with Crippen molar-refractivity contribution < 1.29 is 9.59 Å². The van der Waals surface area contributed by atoms with Crippen LogP contribution in [-0.4, -0.2) is 17.2 Å². The Morgan fingerprint density at radius 3 is 2.45 bits per heavy atom. The maximum Gasteiger partial charge on any atom is 0.222 e. The van der Waals surface area contributed by atoms with Crippen LogP contribution < -0.4 is 5.32 Å². The summed E-state index contributed by atoms with van der Waals surface area (Å²) in [5.41, 5.74) is 0. The van der Waals surface area contributed by atoms with Gasteiger partial charge >= 0.3 is 0 Å². The summed E-state index contributed by atoms with van der Waals surface area (Å²) in [6, 6.07) is 0.368. The Balaban J connectivity index is 2.04. The number of nitrogens with one attached hydrogen (secondary N) is 1. The Bertz CT molecular complexity index is 177. The lowest BCUT2D eigenvalue weighted by Crippen LogP contribution is -2.25. The van der Waals surface area contributed by atoms with Gasteiger partial charge in [-0.05, 0) is 24.4 Å². The molecule has 0 aliphatic heterocycles. The van der Waals surface area contributed by atoms with Gasteiger partial charge in [-0.15, -0.1) is 0 Å². The molecule has 0 unspecified atom stereocenters. The van der Waals surface area contributed by atoms with Crippen molar-refractivity contribution in [3.05, 3.63) is 0 Å². The van der Waals surface area contributed by atoms with Crippen molar-refractivity contribution in [2.75, 3.05) is 0 Å². The third kappa shape index (κ3) is 3.98. The van der Waals surface area contributed by atoms with Gasteiger partial charge in [0.15, 0.2) is 0 Å². The molecule has 1 amide bonds. The average molecular weight is 176 g/mol. The Labute approximate surface area is 70.1 Å². The van der Waals surface area contributed by atoms with Gasteiger partial charge in [0.25, 0.3) is 0 Å². The number of hydrogen-bond acceptors (Lipinski definition) is 2. The molecule has 1 fully saturated rings. The molecule has 1 rings (SSSR count). The Morgan fingerprint density at radius 1 is 1.36 bits per heavy atom. The zero-order chi connectivity index (χ0) is 8.27. The minimum Gasteiger partial charge on any atom is -0.353 e. The second-order valence-electron chi connectivity index (χ2n) is 2.70. The molecule has 62 valence electrons. The molecule has 0 spiro atoms. The highest BCUT2D eigenvalue weighted by atomic mass is 35.5. The van der Waals surface area contributed by atoms with Crippen LogP contribution in [0.4, 0.5) is 0 Å². The summed E-state index contributed by atoms with van der Waals surface area (Å²) in [6.45, 7) is 0. The third-order valence-corrected chi connectivity index (χ3v) is 1.68. The fourth-order valence-electron chi connectivity index (χ4n) is 0.739. The molecular weight excluding hydrogens is 166 g/mol. The van der Waals surface area contributed by atoms with E-state index < -0.39 is 5.24 Å². The van der Waals surface area contributed by atoms with Crippen molar-refractivity contribution in [2.45, 2.75) is 31.7 Å². The summed E-state index contributed by atoms with van der Waals surface area (Å²) in [7, 11) is 0. The van der Waals surface area contributed by atoms with Crippen LogP contribution in [-0.2, 0) is 9.59 Å². The zero-order valence-electron chi connectivity index (χ0n) is 6.10. The lowest BCUT2D eigenvalue weighted by Gasteiger charge is -1.99. The highest BCUT2D eigenvalue weighted by Gasteiger charge is 2.22. The predicted octanol–water partition coefficient (Wildman–Crippen LogP) is 0.811. The second kappa shape index (κ2) is 3.72. The summed E-state index contributed by atoms with van der Waals surface area (Å²) in [5, 5.41) is 2.31. The highest BCUT2D eigenvalue weighted by Crippen LogP contribution is 2.18. The molecular formula is C7H10ClNO2. The summed E-state index contributed by atoms with van der Waals surface area (Å²) in [5.74, 6) is -0.0681. The molecule has 0 radical (unpaired) electrons. The van der Waals surface area contributed by atoms with Gasteiger partial charge in [0.05, 0.1) is 0 Å². The van der Waals surface area contributed by atoms with Gasteiger partial charge < -0.3 is 5.32 Å². The Kier molecular flexibility index (Phi) is 2.88. The van der Waals surface area contributed by atoms with Crippen molar-refractivity contribution in [3.8, 4) is 0 Å². The van der Waals surface area contributed by atoms with E-state index in [2.05, 4.69) is 5.32 Å². The van der Waals surface area contributed by atoms with Crippen LogP contribution in [0.2, 0.25) is 0 Å². The van der Waals surface area contributed by atoms with Gasteiger partial charge in [0, 0.05) is 18.9 Å². The van der Waals surface area contributed by atoms with Crippen LogP contribution in [0.5, 0.6) is 0 Å². The summed E-state index contributed by atoms with van der Waals surface area (Å²) in [6.07, 6.45) is 2.50. The molecule has 0 bridgehead atoms. The largest absolute Gasteiger partial charge is 0.353 e. The van der Waals surface area contributed by atoms with E-state index in [9.17, 15) is 9.59 Å². The fourth-order valence-corrected chi connectivity index (χ4v) is 0.834. The molecule has 0 aromatic rings.